The molecular weight excluding hydrogens is 358 g/mol. The van der Waals surface area contributed by atoms with Crippen LogP contribution in [0.4, 0.5) is 5.69 Å². The average Bonchev–Trinajstić information content (AvgIpc) is 3.06. The number of pyridine rings is 1. The first-order valence-electron chi connectivity index (χ1n) is 10.7. The Labute approximate surface area is 173 Å². The highest BCUT2D eigenvalue weighted by molar-refractivity contribution is 5.92. The summed E-state index contributed by atoms with van der Waals surface area (Å²) in [5.74, 6) is -0.164. The van der Waals surface area contributed by atoms with Gasteiger partial charge in [-0.15, -0.1) is 0 Å². The molecule has 0 aliphatic carbocycles. The van der Waals surface area contributed by atoms with Crippen LogP contribution in [-0.4, -0.2) is 24.0 Å². The zero-order chi connectivity index (χ0) is 20.1. The number of nitrogens with zero attached hydrogens (tertiary/aromatic N) is 2. The number of aromatic nitrogens is 1. The number of amides is 1. The van der Waals surface area contributed by atoms with Crippen LogP contribution < -0.4 is 10.2 Å². The fourth-order valence-electron chi connectivity index (χ4n) is 4.16. The fraction of sp³-hybridized carbons (Fsp3) is 0.360. The average molecular weight is 388 g/mol. The molecule has 4 heteroatoms. The third kappa shape index (κ3) is 4.58. The van der Waals surface area contributed by atoms with Crippen molar-refractivity contribution >= 4 is 22.4 Å². The second kappa shape index (κ2) is 9.08. The number of anilines is 1. The molecule has 2 heterocycles. The minimum absolute atomic E-state index is 0.0471. The number of nitrogens with one attached hydrogen (secondary N) is 1. The van der Waals surface area contributed by atoms with E-state index in [4.69, 9.17) is 0 Å². The van der Waals surface area contributed by atoms with Gasteiger partial charge < -0.3 is 10.2 Å². The molecule has 1 amide bonds. The topological polar surface area (TPSA) is 45.2 Å². The Balaban J connectivity index is 1.38. The summed E-state index contributed by atoms with van der Waals surface area (Å²) in [7, 11) is 0. The van der Waals surface area contributed by atoms with Crippen molar-refractivity contribution in [3.05, 3.63) is 72.1 Å². The third-order valence-electron chi connectivity index (χ3n) is 5.95. The summed E-state index contributed by atoms with van der Waals surface area (Å²) in [5.41, 5.74) is 3.46. The van der Waals surface area contributed by atoms with Crippen LogP contribution in [0.1, 0.15) is 49.7 Å². The number of hydrogen-bond donors (Lipinski definition) is 1. The van der Waals surface area contributed by atoms with Gasteiger partial charge in [0, 0.05) is 43.1 Å². The van der Waals surface area contributed by atoms with Crippen molar-refractivity contribution in [1.82, 2.24) is 10.3 Å². The van der Waals surface area contributed by atoms with Crippen LogP contribution in [0.3, 0.4) is 0 Å². The van der Waals surface area contributed by atoms with Crippen molar-refractivity contribution < 1.29 is 4.79 Å². The maximum atomic E-state index is 12.8. The molecule has 3 aromatic rings. The second-order valence-electron chi connectivity index (χ2n) is 7.95. The lowest BCUT2D eigenvalue weighted by molar-refractivity contribution is -0.122. The van der Waals surface area contributed by atoms with Crippen LogP contribution in [0, 0.1) is 0 Å². The molecule has 1 aliphatic rings. The van der Waals surface area contributed by atoms with E-state index in [-0.39, 0.29) is 11.8 Å². The molecule has 0 bridgehead atoms. The number of carbonyl (C=O) groups is 1. The molecule has 2 aromatic carbocycles. The molecule has 0 radical (unpaired) electrons. The third-order valence-corrected chi connectivity index (χ3v) is 5.95. The highest BCUT2D eigenvalue weighted by Crippen LogP contribution is 2.25. The van der Waals surface area contributed by atoms with E-state index in [2.05, 4.69) is 39.5 Å². The normalized spacial score (nSPS) is 15.7. The molecule has 4 rings (SSSR count). The van der Waals surface area contributed by atoms with E-state index in [1.807, 2.05) is 37.4 Å². The number of rotatable bonds is 5. The van der Waals surface area contributed by atoms with Crippen molar-refractivity contribution in [3.63, 3.8) is 0 Å². The SMILES string of the molecule is CC(C(=O)NCc1ccc(N2CCCCCC2)cc1)c1cccc2cnccc12. The highest BCUT2D eigenvalue weighted by atomic mass is 16.1. The van der Waals surface area contributed by atoms with Crippen LogP contribution >= 0.6 is 0 Å². The maximum Gasteiger partial charge on any atom is 0.227 e. The summed E-state index contributed by atoms with van der Waals surface area (Å²) in [6.45, 7) is 4.81. The van der Waals surface area contributed by atoms with Gasteiger partial charge in [0.05, 0.1) is 5.92 Å². The minimum atomic E-state index is -0.211. The molecular formula is C25H29N3O. The van der Waals surface area contributed by atoms with E-state index in [0.29, 0.717) is 6.54 Å². The quantitative estimate of drug-likeness (QED) is 0.667. The van der Waals surface area contributed by atoms with Gasteiger partial charge in [-0.1, -0.05) is 43.2 Å². The van der Waals surface area contributed by atoms with Crippen molar-refractivity contribution in [2.75, 3.05) is 18.0 Å². The first kappa shape index (κ1) is 19.4. The van der Waals surface area contributed by atoms with Gasteiger partial charge in [0.2, 0.25) is 5.91 Å². The minimum Gasteiger partial charge on any atom is -0.372 e. The van der Waals surface area contributed by atoms with Crippen LogP contribution in [0.15, 0.2) is 60.9 Å². The number of benzene rings is 2. The highest BCUT2D eigenvalue weighted by Gasteiger charge is 2.17. The van der Waals surface area contributed by atoms with Crippen molar-refractivity contribution in [2.24, 2.45) is 0 Å². The Kier molecular flexibility index (Phi) is 6.09. The van der Waals surface area contributed by atoms with Crippen LogP contribution in [0.5, 0.6) is 0 Å². The molecule has 1 N–H and O–H groups in total. The van der Waals surface area contributed by atoms with E-state index < -0.39 is 0 Å². The van der Waals surface area contributed by atoms with Gasteiger partial charge in [0.15, 0.2) is 0 Å². The van der Waals surface area contributed by atoms with Crippen LogP contribution in [0.25, 0.3) is 10.8 Å². The van der Waals surface area contributed by atoms with Crippen molar-refractivity contribution in [1.29, 1.82) is 0 Å². The zero-order valence-corrected chi connectivity index (χ0v) is 17.1. The molecule has 0 spiro atoms. The Morgan fingerprint density at radius 3 is 2.55 bits per heavy atom. The molecule has 1 fully saturated rings. The monoisotopic (exact) mass is 387 g/mol. The Morgan fingerprint density at radius 2 is 1.79 bits per heavy atom. The lowest BCUT2D eigenvalue weighted by atomic mass is 9.95. The molecule has 1 unspecified atom stereocenters. The number of hydrogen-bond acceptors (Lipinski definition) is 3. The molecule has 1 atom stereocenters. The van der Waals surface area contributed by atoms with Crippen LogP contribution in [-0.2, 0) is 11.3 Å². The van der Waals surface area contributed by atoms with Gasteiger partial charge in [-0.05, 0) is 54.5 Å². The largest absolute Gasteiger partial charge is 0.372 e. The zero-order valence-electron chi connectivity index (χ0n) is 17.1. The maximum absolute atomic E-state index is 12.8. The smallest absolute Gasteiger partial charge is 0.227 e. The first-order chi connectivity index (χ1) is 14.2. The van der Waals surface area contributed by atoms with Crippen molar-refractivity contribution in [2.45, 2.75) is 45.1 Å². The van der Waals surface area contributed by atoms with E-state index in [1.165, 1.54) is 31.4 Å². The van der Waals surface area contributed by atoms with Crippen LogP contribution in [0.2, 0.25) is 0 Å². The van der Waals surface area contributed by atoms with Gasteiger partial charge >= 0.3 is 0 Å². The van der Waals surface area contributed by atoms with E-state index >= 15 is 0 Å². The summed E-state index contributed by atoms with van der Waals surface area (Å²) in [5, 5.41) is 5.26. The van der Waals surface area contributed by atoms with Gasteiger partial charge in [-0.2, -0.15) is 0 Å². The fourth-order valence-corrected chi connectivity index (χ4v) is 4.16. The van der Waals surface area contributed by atoms with E-state index in [1.54, 1.807) is 6.20 Å². The Hall–Kier alpha value is -2.88. The number of fused-ring (bicyclic) bond motifs is 1. The molecule has 150 valence electrons. The lowest BCUT2D eigenvalue weighted by Crippen LogP contribution is -2.27. The Morgan fingerprint density at radius 1 is 1.03 bits per heavy atom. The summed E-state index contributed by atoms with van der Waals surface area (Å²) in [6.07, 6.45) is 8.86. The second-order valence-corrected chi connectivity index (χ2v) is 7.95. The molecule has 1 saturated heterocycles. The summed E-state index contributed by atoms with van der Waals surface area (Å²) < 4.78 is 0. The van der Waals surface area contributed by atoms with Gasteiger partial charge in [0.1, 0.15) is 0 Å². The summed E-state index contributed by atoms with van der Waals surface area (Å²) in [4.78, 5) is 19.4. The summed E-state index contributed by atoms with van der Waals surface area (Å²) >= 11 is 0. The van der Waals surface area contributed by atoms with Crippen molar-refractivity contribution in [3.8, 4) is 0 Å². The molecule has 4 nitrogen and oxygen atoms in total. The van der Waals surface area contributed by atoms with E-state index in [0.717, 1.165) is 35.0 Å². The van der Waals surface area contributed by atoms with E-state index in [9.17, 15) is 4.79 Å². The lowest BCUT2D eigenvalue weighted by Gasteiger charge is -2.23. The number of carbonyl (C=O) groups excluding carboxylic acids is 1. The first-order valence-corrected chi connectivity index (χ1v) is 10.7. The molecule has 29 heavy (non-hydrogen) atoms. The van der Waals surface area contributed by atoms with Gasteiger partial charge in [-0.25, -0.2) is 0 Å². The molecule has 0 saturated carbocycles. The van der Waals surface area contributed by atoms with Gasteiger partial charge in [0.25, 0.3) is 0 Å². The summed E-state index contributed by atoms with van der Waals surface area (Å²) in [6, 6.07) is 16.7. The predicted octanol–water partition coefficient (Wildman–Crippen LogP) is 5.04. The molecule has 1 aliphatic heterocycles. The van der Waals surface area contributed by atoms with Gasteiger partial charge in [-0.3, -0.25) is 9.78 Å². The Bertz CT molecular complexity index is 954. The standard InChI is InChI=1S/C25H29N3O/c1-19(23-8-6-7-21-18-26-14-13-24(21)23)25(29)27-17-20-9-11-22(12-10-20)28-15-4-2-3-5-16-28/h6-14,18-19H,2-5,15-17H2,1H3,(H,27,29). The molecule has 1 aromatic heterocycles. The predicted molar refractivity (Wildman–Crippen MR) is 119 cm³/mol.